The Bertz CT molecular complexity index is 824. The van der Waals surface area contributed by atoms with Gasteiger partial charge in [-0.1, -0.05) is 0 Å². The van der Waals surface area contributed by atoms with Crippen LogP contribution in [0.1, 0.15) is 24.8 Å². The van der Waals surface area contributed by atoms with Gasteiger partial charge in [0.15, 0.2) is 0 Å². The van der Waals surface area contributed by atoms with E-state index in [1.54, 1.807) is 22.8 Å². The van der Waals surface area contributed by atoms with Crippen molar-refractivity contribution in [2.45, 2.75) is 34.7 Å². The topological polar surface area (TPSA) is 59.5 Å². The number of ether oxygens (including phenoxy) is 1. The van der Waals surface area contributed by atoms with Gasteiger partial charge in [-0.2, -0.15) is 0 Å². The number of hydrogen-bond acceptors (Lipinski definition) is 4. The summed E-state index contributed by atoms with van der Waals surface area (Å²) < 4.78 is 47.8. The second kappa shape index (κ2) is 7.65. The predicted molar refractivity (Wildman–Crippen MR) is 93.1 cm³/mol. The van der Waals surface area contributed by atoms with E-state index in [9.17, 15) is 12.8 Å². The number of aromatic nitrogens is 1. The Balaban J connectivity index is 1.45. The molecule has 3 aliphatic rings. The SMILES string of the molecule is O=S(=O)(C1CC[I-]1)N1CCC(O[C@@H]2CC(F)=CC=C2c2ccncc2)C1. The van der Waals surface area contributed by atoms with Crippen molar-refractivity contribution in [1.82, 2.24) is 9.29 Å². The second-order valence-electron chi connectivity index (χ2n) is 6.66. The normalized spacial score (nSPS) is 30.1. The van der Waals surface area contributed by atoms with Gasteiger partial charge < -0.3 is 0 Å². The molecule has 26 heavy (non-hydrogen) atoms. The van der Waals surface area contributed by atoms with Gasteiger partial charge in [0.25, 0.3) is 0 Å². The van der Waals surface area contributed by atoms with E-state index >= 15 is 0 Å². The molecule has 2 aliphatic heterocycles. The predicted octanol–water partition coefficient (Wildman–Crippen LogP) is -0.670. The molecule has 1 aromatic heterocycles. The van der Waals surface area contributed by atoms with E-state index in [0.29, 0.717) is 19.5 Å². The molecule has 0 amide bonds. The molecule has 2 unspecified atom stereocenters. The Hall–Kier alpha value is -0.840. The van der Waals surface area contributed by atoms with Crippen LogP contribution in [0.25, 0.3) is 5.57 Å². The number of alkyl halides is 2. The molecule has 3 atom stereocenters. The maximum atomic E-state index is 13.8. The van der Waals surface area contributed by atoms with E-state index in [0.717, 1.165) is 22.0 Å². The fourth-order valence-corrected chi connectivity index (χ4v) is 9.62. The third-order valence-corrected chi connectivity index (χ3v) is 12.5. The minimum absolute atomic E-state index is 0.109. The van der Waals surface area contributed by atoms with Gasteiger partial charge in [0, 0.05) is 0 Å². The number of hydrogen-bond donors (Lipinski definition) is 0. The van der Waals surface area contributed by atoms with Crippen LogP contribution in [-0.4, -0.2) is 50.7 Å². The molecule has 0 N–H and O–H groups in total. The van der Waals surface area contributed by atoms with Crippen LogP contribution in [0.2, 0.25) is 0 Å². The summed E-state index contributed by atoms with van der Waals surface area (Å²) in [5, 5.41) is 0. The van der Waals surface area contributed by atoms with Crippen LogP contribution in [0.5, 0.6) is 0 Å². The van der Waals surface area contributed by atoms with Crippen LogP contribution in [0.3, 0.4) is 0 Å². The molecule has 4 rings (SSSR count). The first-order valence-corrected chi connectivity index (χ1v) is 13.0. The van der Waals surface area contributed by atoms with Crippen LogP contribution in [0.4, 0.5) is 4.39 Å². The monoisotopic (exact) mass is 491 g/mol. The van der Waals surface area contributed by atoms with Gasteiger partial charge in [-0.3, -0.25) is 0 Å². The van der Waals surface area contributed by atoms with Crippen molar-refractivity contribution in [2.75, 3.05) is 17.5 Å². The van der Waals surface area contributed by atoms with Gasteiger partial charge in [0.1, 0.15) is 0 Å². The third-order valence-electron chi connectivity index (χ3n) is 4.95. The zero-order chi connectivity index (χ0) is 18.1. The summed E-state index contributed by atoms with van der Waals surface area (Å²) in [6, 6.07) is 3.76. The molecular formula is C18H21FIN2O3S-. The summed E-state index contributed by atoms with van der Waals surface area (Å²) in [7, 11) is -3.16. The number of nitrogens with zero attached hydrogens (tertiary/aromatic N) is 2. The molecule has 8 heteroatoms. The molecule has 5 nitrogen and oxygen atoms in total. The van der Waals surface area contributed by atoms with E-state index in [4.69, 9.17) is 4.74 Å². The molecule has 142 valence electrons. The first-order chi connectivity index (χ1) is 12.5. The van der Waals surface area contributed by atoms with Gasteiger partial charge in [0.2, 0.25) is 0 Å². The number of rotatable bonds is 5. The van der Waals surface area contributed by atoms with E-state index in [-0.39, 0.29) is 42.8 Å². The van der Waals surface area contributed by atoms with Crippen LogP contribution >= 0.6 is 0 Å². The Labute approximate surface area is 163 Å². The molecular weight excluding hydrogens is 470 g/mol. The quantitative estimate of drug-likeness (QED) is 0.405. The summed E-state index contributed by atoms with van der Waals surface area (Å²) >= 11 is -0.201. The van der Waals surface area contributed by atoms with Gasteiger partial charge >= 0.3 is 164 Å². The van der Waals surface area contributed by atoms with Crippen LogP contribution in [0.15, 0.2) is 42.5 Å². The summed E-state index contributed by atoms with van der Waals surface area (Å²) in [5.41, 5.74) is 1.87. The second-order valence-corrected chi connectivity index (χ2v) is 13.1. The Morgan fingerprint density at radius 1 is 1.23 bits per heavy atom. The fourth-order valence-electron chi connectivity index (χ4n) is 3.45. The van der Waals surface area contributed by atoms with E-state index in [1.807, 2.05) is 12.1 Å². The van der Waals surface area contributed by atoms with Gasteiger partial charge in [0.05, 0.1) is 0 Å². The van der Waals surface area contributed by atoms with Gasteiger partial charge in [-0.15, -0.1) is 0 Å². The van der Waals surface area contributed by atoms with Gasteiger partial charge in [-0.05, 0) is 0 Å². The van der Waals surface area contributed by atoms with E-state index < -0.39 is 16.1 Å². The van der Waals surface area contributed by atoms with Crippen molar-refractivity contribution in [3.63, 3.8) is 0 Å². The summed E-state index contributed by atoms with van der Waals surface area (Å²) in [6.07, 6.45) is 7.70. The molecule has 2 fully saturated rings. The zero-order valence-corrected chi connectivity index (χ0v) is 17.2. The molecule has 2 saturated heterocycles. The summed E-state index contributed by atoms with van der Waals surface area (Å²) in [6.45, 7) is 0.890. The summed E-state index contributed by atoms with van der Waals surface area (Å²) in [4.78, 5) is 4.02. The maximum absolute atomic E-state index is 13.8. The van der Waals surface area contributed by atoms with Crippen LogP contribution < -0.4 is 21.2 Å². The summed E-state index contributed by atoms with van der Waals surface area (Å²) in [5.74, 6) is -0.213. The number of sulfonamides is 1. The van der Waals surface area contributed by atoms with Crippen LogP contribution in [-0.2, 0) is 14.8 Å². The third kappa shape index (κ3) is 3.74. The van der Waals surface area contributed by atoms with Crippen molar-refractivity contribution in [2.24, 2.45) is 0 Å². The molecule has 0 spiro atoms. The van der Waals surface area contributed by atoms with E-state index in [1.165, 1.54) is 6.08 Å². The number of pyridine rings is 1. The molecule has 1 aliphatic carbocycles. The van der Waals surface area contributed by atoms with Crippen molar-refractivity contribution >= 4 is 15.6 Å². The fraction of sp³-hybridized carbons (Fsp3) is 0.500. The van der Waals surface area contributed by atoms with Crippen molar-refractivity contribution in [1.29, 1.82) is 0 Å². The van der Waals surface area contributed by atoms with Crippen molar-refractivity contribution in [3.8, 4) is 0 Å². The number of allylic oxidation sites excluding steroid dienone is 2. The van der Waals surface area contributed by atoms with Gasteiger partial charge in [-0.25, -0.2) is 0 Å². The number of halogens is 2. The Morgan fingerprint density at radius 2 is 2.00 bits per heavy atom. The zero-order valence-electron chi connectivity index (χ0n) is 14.2. The average molecular weight is 491 g/mol. The molecule has 0 bridgehead atoms. The Morgan fingerprint density at radius 3 is 2.69 bits per heavy atom. The first kappa shape index (κ1) is 18.5. The van der Waals surface area contributed by atoms with E-state index in [2.05, 4.69) is 4.98 Å². The molecule has 3 heterocycles. The van der Waals surface area contributed by atoms with Crippen molar-refractivity contribution in [3.05, 3.63) is 48.1 Å². The first-order valence-electron chi connectivity index (χ1n) is 8.73. The molecule has 0 aromatic carbocycles. The van der Waals surface area contributed by atoms with Crippen LogP contribution in [0, 0.1) is 0 Å². The molecule has 0 saturated carbocycles. The molecule has 0 radical (unpaired) electrons. The average Bonchev–Trinajstić information content (AvgIpc) is 3.03. The minimum atomic E-state index is -3.16. The standard InChI is InChI=1S/C18H21FIN2O3S/c19-14-1-2-16(13-4-8-21-9-5-13)17(11-14)25-15-6-10-22(12-15)26(23,24)18-3-7-20-18/h1-2,4-5,8-9,15,17-18H,3,6-7,10-12H2/q-1/t15?,17-,18?/m1/s1. The molecule has 1 aromatic rings. The Kier molecular flexibility index (Phi) is 5.45. The van der Waals surface area contributed by atoms with Crippen molar-refractivity contribution < 1.29 is 38.8 Å².